The van der Waals surface area contributed by atoms with Gasteiger partial charge in [0.2, 0.25) is 5.69 Å². The summed E-state index contributed by atoms with van der Waals surface area (Å²) in [6, 6.07) is 9.23. The van der Waals surface area contributed by atoms with Crippen LogP contribution >= 0.6 is 0 Å². The molecule has 0 N–H and O–H groups in total. The van der Waals surface area contributed by atoms with Gasteiger partial charge in [-0.05, 0) is 111 Å². The van der Waals surface area contributed by atoms with Gasteiger partial charge in [0.25, 0.3) is 11.8 Å². The molecule has 0 aromatic heterocycles. The third-order valence-corrected chi connectivity index (χ3v) is 17.1. The number of carbonyl (C=O) groups excluding carboxylic acids is 3. The molecule has 7 rings (SSSR count). The number of carbonyl (C=O) groups is 3. The van der Waals surface area contributed by atoms with Crippen molar-refractivity contribution in [2.24, 2.45) is 0 Å². The minimum Gasteiger partial charge on any atom is -0.744 e. The number of fused-ring (bicyclic) bond motifs is 6. The van der Waals surface area contributed by atoms with Crippen LogP contribution in [0.5, 0.6) is 0 Å². The van der Waals surface area contributed by atoms with Crippen LogP contribution in [0.25, 0.3) is 21.5 Å². The van der Waals surface area contributed by atoms with E-state index >= 15 is 0 Å². The molecule has 0 spiro atoms. The van der Waals surface area contributed by atoms with Gasteiger partial charge in [-0.3, -0.25) is 9.59 Å². The fourth-order valence-electron chi connectivity index (χ4n) is 10.3. The van der Waals surface area contributed by atoms with Crippen molar-refractivity contribution in [1.82, 2.24) is 5.06 Å². The predicted octanol–water partition coefficient (Wildman–Crippen LogP) is 5.00. The number of rotatable bonds is 21. The monoisotopic (exact) mass is 1100 g/mol. The van der Waals surface area contributed by atoms with Gasteiger partial charge in [-0.25, -0.2) is 38.5 Å². The second-order valence-corrected chi connectivity index (χ2v) is 23.8. The van der Waals surface area contributed by atoms with Gasteiger partial charge in [0.1, 0.15) is 47.0 Å². The zero-order valence-electron chi connectivity index (χ0n) is 40.8. The summed E-state index contributed by atoms with van der Waals surface area (Å²) in [5.74, 6) is -2.00. The number of likely N-dealkylation sites (N-methyl/N-ethyl adjacent to an activating group) is 1. The third kappa shape index (κ3) is 10.9. The number of unbranched alkanes of at least 4 members (excludes halogenated alkanes) is 2. The number of nitrogens with zero attached hydrogens (tertiary/aromatic N) is 3. The number of methoxy groups -OCH3 is 2. The SMILES string of the molecule is CCN1/C(=C/C=C/C=C/C2=[N+](CCCCCC(=O)ON3C(=O)CCC3=O)c3ccc4c(S(=O)(=O)[O-])cc(S(=O)(=O)[O-])cc4c3C2(C)CCOC)C(C)(CCOC)c2c1ccc1c(S(=O)(=O)[O-])cc(S(=O)(=O)[O-])cc21. The summed E-state index contributed by atoms with van der Waals surface area (Å²) >= 11 is 0. The Bertz CT molecular complexity index is 3570. The van der Waals surface area contributed by atoms with Gasteiger partial charge in [-0.2, -0.15) is 4.58 Å². The van der Waals surface area contributed by atoms with E-state index in [0.717, 1.165) is 12.1 Å². The zero-order chi connectivity index (χ0) is 54.3. The highest BCUT2D eigenvalue weighted by molar-refractivity contribution is 7.87. The van der Waals surface area contributed by atoms with Crippen LogP contribution in [0.1, 0.15) is 83.3 Å². The number of imide groups is 1. The Kier molecular flexibility index (Phi) is 16.0. The summed E-state index contributed by atoms with van der Waals surface area (Å²) in [5.41, 5.74) is 1.04. The van der Waals surface area contributed by atoms with E-state index in [1.54, 1.807) is 42.5 Å². The smallest absolute Gasteiger partial charge is 0.333 e. The second kappa shape index (κ2) is 21.1. The highest BCUT2D eigenvalue weighted by Gasteiger charge is 2.49. The molecule has 2 unspecified atom stereocenters. The predicted molar refractivity (Wildman–Crippen MR) is 262 cm³/mol. The normalized spacial score (nSPS) is 20.1. The maximum Gasteiger partial charge on any atom is 0.333 e. The lowest BCUT2D eigenvalue weighted by atomic mass is 9.75. The Hall–Kier alpha value is -5.74. The lowest BCUT2D eigenvalue weighted by molar-refractivity contribution is -0.438. The van der Waals surface area contributed by atoms with E-state index in [1.165, 1.54) is 26.4 Å². The molecule has 3 aliphatic rings. The van der Waals surface area contributed by atoms with Crippen molar-refractivity contribution in [2.75, 3.05) is 45.4 Å². The molecule has 2 atom stereocenters. The van der Waals surface area contributed by atoms with E-state index in [4.69, 9.17) is 14.3 Å². The summed E-state index contributed by atoms with van der Waals surface area (Å²) in [6.07, 6.45) is 10.1. The molecule has 3 heterocycles. The minimum atomic E-state index is -5.33. The first-order valence-electron chi connectivity index (χ1n) is 23.2. The molecule has 4 aromatic carbocycles. The average molecular weight is 1100 g/mol. The van der Waals surface area contributed by atoms with E-state index in [2.05, 4.69) is 0 Å². The van der Waals surface area contributed by atoms with Crippen LogP contribution in [0.15, 0.2) is 104 Å². The highest BCUT2D eigenvalue weighted by Crippen LogP contribution is 2.54. The molecule has 3 aliphatic heterocycles. The summed E-state index contributed by atoms with van der Waals surface area (Å²) in [4.78, 5) is 39.9. The second-order valence-electron chi connectivity index (χ2n) is 18.4. The van der Waals surface area contributed by atoms with Gasteiger partial charge < -0.3 is 37.4 Å². The van der Waals surface area contributed by atoms with E-state index in [9.17, 15) is 66.3 Å². The molecule has 1 fully saturated rings. The van der Waals surface area contributed by atoms with Crippen molar-refractivity contribution in [2.45, 2.75) is 103 Å². The topological polar surface area (TPSA) is 317 Å². The Morgan fingerprint density at radius 3 is 1.74 bits per heavy atom. The van der Waals surface area contributed by atoms with Gasteiger partial charge in [0, 0.05) is 99.6 Å². The number of hydrogen-bond donors (Lipinski definition) is 0. The fraction of sp³-hybridized carbons (Fsp3) is 0.388. The van der Waals surface area contributed by atoms with Crippen LogP contribution in [-0.4, -0.2) is 126 Å². The standard InChI is InChI=1S/C49H55N3O18S4/c1-6-50-37-18-16-33-35(27-31(71(56,57)58)29-39(33)73(62,63)64)46(37)48(2,22-25-68-4)41(50)13-9-7-10-14-42-49(3,23-26-69-5)47-36-28-32(72(59,60)61)30-40(74(65,66)67)34(36)17-19-38(47)51(42)24-12-8-11-15-45(55)70-52-43(53)20-21-44(52)54/h7,9-10,13-14,16-19,27-30H,6,8,11-12,15,20-26H2,1-5H3,(H3-,56,57,58,59,60,61,62,63,64,65,66,67)/p-3. The van der Waals surface area contributed by atoms with Crippen LogP contribution in [-0.2, 0) is 80.0 Å². The Morgan fingerprint density at radius 1 is 0.676 bits per heavy atom. The molecular formula is C49H52N3O18S4-3. The van der Waals surface area contributed by atoms with Gasteiger partial charge in [0.05, 0.1) is 25.0 Å². The van der Waals surface area contributed by atoms with Crippen molar-refractivity contribution in [1.29, 1.82) is 0 Å². The number of ether oxygens (including phenoxy) is 2. The van der Waals surface area contributed by atoms with Crippen molar-refractivity contribution < 1.29 is 85.2 Å². The van der Waals surface area contributed by atoms with Gasteiger partial charge in [-0.1, -0.05) is 24.3 Å². The molecular weight excluding hydrogens is 1050 g/mol. The van der Waals surface area contributed by atoms with E-state index in [-0.39, 0.29) is 73.4 Å². The first-order chi connectivity index (χ1) is 34.6. The molecule has 2 amide bonds. The minimum absolute atomic E-state index is 0.0261. The van der Waals surface area contributed by atoms with Crippen LogP contribution in [0.3, 0.4) is 0 Å². The van der Waals surface area contributed by atoms with E-state index in [1.807, 2.05) is 30.2 Å². The highest BCUT2D eigenvalue weighted by atomic mass is 32.2. The lowest BCUT2D eigenvalue weighted by Gasteiger charge is -2.30. The van der Waals surface area contributed by atoms with Crippen LogP contribution in [0, 0.1) is 0 Å². The molecule has 4 aromatic rings. The van der Waals surface area contributed by atoms with Crippen LogP contribution < -0.4 is 4.90 Å². The van der Waals surface area contributed by atoms with Crippen LogP contribution in [0.2, 0.25) is 0 Å². The summed E-state index contributed by atoms with van der Waals surface area (Å²) < 4.78 is 163. The molecule has 398 valence electrons. The molecule has 25 heteroatoms. The number of anilines is 1. The van der Waals surface area contributed by atoms with Crippen molar-refractivity contribution in [3.63, 3.8) is 0 Å². The van der Waals surface area contributed by atoms with Crippen LogP contribution in [0.4, 0.5) is 11.4 Å². The average Bonchev–Trinajstić information content (AvgIpc) is 3.86. The maximum absolute atomic E-state index is 12.7. The molecule has 1 saturated heterocycles. The van der Waals surface area contributed by atoms with E-state index < -0.39 is 88.7 Å². The Labute approximate surface area is 428 Å². The first-order valence-corrected chi connectivity index (χ1v) is 28.8. The molecule has 21 nitrogen and oxygen atoms in total. The summed E-state index contributed by atoms with van der Waals surface area (Å²) in [6.45, 7) is 6.47. The fourth-order valence-corrected chi connectivity index (χ4v) is 12.9. The number of hydrogen-bond acceptors (Lipinski definition) is 19. The maximum atomic E-state index is 12.7. The number of benzene rings is 4. The molecule has 0 bridgehead atoms. The number of hydroxylamine groups is 2. The van der Waals surface area contributed by atoms with E-state index in [0.29, 0.717) is 76.9 Å². The summed E-state index contributed by atoms with van der Waals surface area (Å²) in [7, 11) is -18.2. The van der Waals surface area contributed by atoms with Gasteiger partial charge in [0.15, 0.2) is 5.71 Å². The third-order valence-electron chi connectivity index (χ3n) is 13.7. The Balaban J connectivity index is 1.32. The number of amides is 2. The first kappa shape index (κ1) is 56.0. The van der Waals surface area contributed by atoms with Crippen molar-refractivity contribution in [3.05, 3.63) is 95.7 Å². The van der Waals surface area contributed by atoms with Crippen molar-refractivity contribution >= 4 is 96.9 Å². The van der Waals surface area contributed by atoms with Crippen molar-refractivity contribution in [3.8, 4) is 0 Å². The molecule has 74 heavy (non-hydrogen) atoms. The molecule has 0 saturated carbocycles. The number of allylic oxidation sites excluding steroid dienone is 6. The van der Waals surface area contributed by atoms with Gasteiger partial charge >= 0.3 is 5.97 Å². The summed E-state index contributed by atoms with van der Waals surface area (Å²) in [5, 5.41) is 0.394. The largest absolute Gasteiger partial charge is 0.744 e. The zero-order valence-corrected chi connectivity index (χ0v) is 44.1. The Morgan fingerprint density at radius 2 is 1.22 bits per heavy atom. The lowest BCUT2D eigenvalue weighted by Crippen LogP contribution is -2.33. The van der Waals surface area contributed by atoms with Gasteiger partial charge in [-0.15, -0.1) is 5.06 Å². The quantitative estimate of drug-likeness (QED) is 0.0348. The molecule has 0 aliphatic carbocycles. The molecule has 0 radical (unpaired) electrons.